The Hall–Kier alpha value is -3.73. The van der Waals surface area contributed by atoms with Gasteiger partial charge in [0, 0.05) is 12.1 Å². The van der Waals surface area contributed by atoms with Crippen LogP contribution in [-0.4, -0.2) is 16.8 Å². The smallest absolute Gasteiger partial charge is 0.294 e. The number of hydrogen-bond acceptors (Lipinski definition) is 3. The van der Waals surface area contributed by atoms with Gasteiger partial charge in [-0.3, -0.25) is 14.5 Å². The number of nitrogens with zero attached hydrogens (tertiary/aromatic N) is 1. The third kappa shape index (κ3) is 4.19. The predicted octanol–water partition coefficient (Wildman–Crippen LogP) is 5.49. The van der Waals surface area contributed by atoms with Gasteiger partial charge in [0.1, 0.15) is 5.82 Å². The van der Waals surface area contributed by atoms with Crippen LogP contribution >= 0.6 is 0 Å². The van der Waals surface area contributed by atoms with Crippen LogP contribution in [-0.2, 0) is 22.4 Å². The summed E-state index contributed by atoms with van der Waals surface area (Å²) in [6.45, 7) is 2.04. The average molecular weight is 429 g/mol. The summed E-state index contributed by atoms with van der Waals surface area (Å²) in [5.41, 5.74) is 3.29. The van der Waals surface area contributed by atoms with Crippen molar-refractivity contribution in [3.63, 3.8) is 0 Å². The van der Waals surface area contributed by atoms with E-state index in [1.807, 2.05) is 49.4 Å². The molecule has 3 aromatic carbocycles. The van der Waals surface area contributed by atoms with E-state index in [0.29, 0.717) is 17.7 Å². The number of Topliss-reactive ketones (excluding diaryl/α,β-unsaturated/α-hetero) is 1. The Morgan fingerprint density at radius 3 is 2.22 bits per heavy atom. The highest BCUT2D eigenvalue weighted by molar-refractivity contribution is 6.16. The number of halogens is 1. The van der Waals surface area contributed by atoms with E-state index >= 15 is 0 Å². The topological polar surface area (TPSA) is 57.6 Å². The minimum Gasteiger partial charge on any atom is -0.503 e. The molecule has 0 fully saturated rings. The molecule has 162 valence electrons. The predicted molar refractivity (Wildman–Crippen MR) is 122 cm³/mol. The number of ketones is 1. The number of hydrogen-bond donors (Lipinski definition) is 1. The molecule has 1 amide bonds. The molecule has 32 heavy (non-hydrogen) atoms. The molecule has 1 unspecified atom stereocenters. The summed E-state index contributed by atoms with van der Waals surface area (Å²) in [6, 6.07) is 21.9. The van der Waals surface area contributed by atoms with Gasteiger partial charge in [0.15, 0.2) is 11.5 Å². The standard InChI is InChI=1S/C27H24FNO3/c1-2-18-8-15-22(16-9-18)29-25(20-11-13-21(28)14-12-20)24(26(31)27(29)32)23(30)17-10-19-6-4-3-5-7-19/h3-9,11-16,25,31H,2,10,17H2,1H3. The van der Waals surface area contributed by atoms with Gasteiger partial charge in [-0.15, -0.1) is 0 Å². The maximum absolute atomic E-state index is 13.6. The summed E-state index contributed by atoms with van der Waals surface area (Å²) in [4.78, 5) is 27.7. The number of rotatable bonds is 7. The third-order valence-corrected chi connectivity index (χ3v) is 5.80. The van der Waals surface area contributed by atoms with Crippen LogP contribution in [0.25, 0.3) is 0 Å². The van der Waals surface area contributed by atoms with Gasteiger partial charge in [-0.1, -0.05) is 61.5 Å². The second kappa shape index (κ2) is 9.18. The van der Waals surface area contributed by atoms with Gasteiger partial charge in [0.2, 0.25) is 0 Å². The molecular weight excluding hydrogens is 405 g/mol. The fourth-order valence-electron chi connectivity index (χ4n) is 4.05. The van der Waals surface area contributed by atoms with E-state index < -0.39 is 23.5 Å². The quantitative estimate of drug-likeness (QED) is 0.540. The minimum atomic E-state index is -0.821. The minimum absolute atomic E-state index is 0.0529. The second-order valence-corrected chi connectivity index (χ2v) is 7.82. The molecule has 1 N–H and O–H groups in total. The molecule has 4 nitrogen and oxygen atoms in total. The van der Waals surface area contributed by atoms with Crippen LogP contribution in [0.1, 0.15) is 36.1 Å². The van der Waals surface area contributed by atoms with E-state index in [1.54, 1.807) is 24.3 Å². The lowest BCUT2D eigenvalue weighted by Gasteiger charge is -2.27. The zero-order valence-corrected chi connectivity index (χ0v) is 17.8. The summed E-state index contributed by atoms with van der Waals surface area (Å²) in [7, 11) is 0. The van der Waals surface area contributed by atoms with Crippen molar-refractivity contribution in [1.29, 1.82) is 0 Å². The summed E-state index contributed by atoms with van der Waals surface area (Å²) < 4.78 is 13.6. The molecule has 1 atom stereocenters. The highest BCUT2D eigenvalue weighted by atomic mass is 19.1. The molecule has 1 aliphatic heterocycles. The molecule has 0 spiro atoms. The molecule has 0 radical (unpaired) electrons. The number of carbonyl (C=O) groups excluding carboxylic acids is 2. The van der Waals surface area contributed by atoms with Gasteiger partial charge in [0.05, 0.1) is 11.6 Å². The summed E-state index contributed by atoms with van der Waals surface area (Å²) in [6.07, 6.45) is 1.49. The van der Waals surface area contributed by atoms with Gasteiger partial charge in [-0.05, 0) is 53.8 Å². The zero-order valence-electron chi connectivity index (χ0n) is 17.8. The van der Waals surface area contributed by atoms with E-state index in [1.165, 1.54) is 17.0 Å². The molecule has 0 bridgehead atoms. The average Bonchev–Trinajstić information content (AvgIpc) is 3.09. The van der Waals surface area contributed by atoms with Crippen molar-refractivity contribution in [2.75, 3.05) is 4.90 Å². The van der Waals surface area contributed by atoms with Crippen molar-refractivity contribution in [3.05, 3.63) is 113 Å². The lowest BCUT2D eigenvalue weighted by Crippen LogP contribution is -2.31. The lowest BCUT2D eigenvalue weighted by molar-refractivity contribution is -0.118. The van der Waals surface area contributed by atoms with Crippen LogP contribution in [0.4, 0.5) is 10.1 Å². The molecule has 3 aromatic rings. The normalized spacial score (nSPS) is 16.0. The molecular formula is C27H24FNO3. The van der Waals surface area contributed by atoms with Gasteiger partial charge in [-0.25, -0.2) is 4.39 Å². The molecule has 4 rings (SSSR count). The van der Waals surface area contributed by atoms with Crippen molar-refractivity contribution in [1.82, 2.24) is 0 Å². The number of aliphatic hydroxyl groups excluding tert-OH is 1. The molecule has 1 heterocycles. The van der Waals surface area contributed by atoms with Crippen LogP contribution in [0, 0.1) is 5.82 Å². The number of benzene rings is 3. The maximum Gasteiger partial charge on any atom is 0.294 e. The first kappa shape index (κ1) is 21.5. The first-order valence-electron chi connectivity index (χ1n) is 10.7. The van der Waals surface area contributed by atoms with E-state index in [-0.39, 0.29) is 17.8 Å². The Labute approximate surface area is 186 Å². The van der Waals surface area contributed by atoms with Crippen LogP contribution < -0.4 is 4.90 Å². The Morgan fingerprint density at radius 2 is 1.59 bits per heavy atom. The molecule has 5 heteroatoms. The Morgan fingerprint density at radius 1 is 0.938 bits per heavy atom. The van der Waals surface area contributed by atoms with Crippen molar-refractivity contribution in [2.24, 2.45) is 0 Å². The van der Waals surface area contributed by atoms with Crippen molar-refractivity contribution in [3.8, 4) is 0 Å². The number of aryl methyl sites for hydroxylation is 2. The van der Waals surface area contributed by atoms with Crippen LogP contribution in [0.15, 0.2) is 90.2 Å². The first-order chi connectivity index (χ1) is 15.5. The molecule has 1 aliphatic rings. The fraction of sp³-hybridized carbons (Fsp3) is 0.185. The molecule has 0 saturated heterocycles. The van der Waals surface area contributed by atoms with Crippen LogP contribution in [0.2, 0.25) is 0 Å². The third-order valence-electron chi connectivity index (χ3n) is 5.80. The molecule has 0 saturated carbocycles. The summed E-state index contributed by atoms with van der Waals surface area (Å²) in [5, 5.41) is 10.7. The monoisotopic (exact) mass is 429 g/mol. The Bertz CT molecular complexity index is 1150. The molecule has 0 aromatic heterocycles. The van der Waals surface area contributed by atoms with Gasteiger partial charge < -0.3 is 5.11 Å². The number of carbonyl (C=O) groups is 2. The summed E-state index contributed by atoms with van der Waals surface area (Å²) in [5.74, 6) is -1.90. The number of aliphatic hydroxyl groups is 1. The maximum atomic E-state index is 13.6. The summed E-state index contributed by atoms with van der Waals surface area (Å²) >= 11 is 0. The number of amides is 1. The van der Waals surface area contributed by atoms with Crippen molar-refractivity contribution >= 4 is 17.4 Å². The second-order valence-electron chi connectivity index (χ2n) is 7.82. The first-order valence-corrected chi connectivity index (χ1v) is 10.7. The largest absolute Gasteiger partial charge is 0.503 e. The van der Waals surface area contributed by atoms with Crippen LogP contribution in [0.5, 0.6) is 0 Å². The Kier molecular flexibility index (Phi) is 6.17. The highest BCUT2D eigenvalue weighted by Crippen LogP contribution is 2.41. The van der Waals surface area contributed by atoms with E-state index in [2.05, 4.69) is 0 Å². The fourth-order valence-corrected chi connectivity index (χ4v) is 4.05. The zero-order chi connectivity index (χ0) is 22.7. The van der Waals surface area contributed by atoms with E-state index in [4.69, 9.17) is 0 Å². The van der Waals surface area contributed by atoms with Crippen molar-refractivity contribution < 1.29 is 19.1 Å². The van der Waals surface area contributed by atoms with E-state index in [0.717, 1.165) is 17.5 Å². The number of anilines is 1. The lowest BCUT2D eigenvalue weighted by atomic mass is 9.93. The van der Waals surface area contributed by atoms with Crippen LogP contribution in [0.3, 0.4) is 0 Å². The SMILES string of the molecule is CCc1ccc(N2C(=O)C(O)=C(C(=O)CCc3ccccc3)C2c2ccc(F)cc2)cc1. The van der Waals surface area contributed by atoms with Crippen molar-refractivity contribution in [2.45, 2.75) is 32.2 Å². The Balaban J connectivity index is 1.71. The van der Waals surface area contributed by atoms with Gasteiger partial charge in [0.25, 0.3) is 5.91 Å². The van der Waals surface area contributed by atoms with Gasteiger partial charge in [-0.2, -0.15) is 0 Å². The highest BCUT2D eigenvalue weighted by Gasteiger charge is 2.44. The molecule has 0 aliphatic carbocycles. The van der Waals surface area contributed by atoms with Gasteiger partial charge >= 0.3 is 0 Å². The van der Waals surface area contributed by atoms with E-state index in [9.17, 15) is 19.1 Å².